The molecule has 1 N–H and O–H groups in total. The van der Waals surface area contributed by atoms with Crippen LogP contribution in [0.15, 0.2) is 36.9 Å². The Morgan fingerprint density at radius 3 is 2.70 bits per heavy atom. The number of hydrogen-bond acceptors (Lipinski definition) is 6. The summed E-state index contributed by atoms with van der Waals surface area (Å²) in [6.45, 7) is 7.85. The van der Waals surface area contributed by atoms with E-state index in [2.05, 4.69) is 13.5 Å². The maximum absolute atomic E-state index is 14.2. The predicted octanol–water partition coefficient (Wildman–Crippen LogP) is 2.75. The molecule has 9 heteroatoms. The first kappa shape index (κ1) is 24.1. The highest BCUT2D eigenvalue weighted by atomic mass is 35.5. The lowest BCUT2D eigenvalue weighted by atomic mass is 9.66. The number of halogens is 1. The van der Waals surface area contributed by atoms with E-state index in [1.807, 2.05) is 0 Å². The van der Waals surface area contributed by atoms with Crippen molar-refractivity contribution in [3.8, 4) is 0 Å². The van der Waals surface area contributed by atoms with Crippen molar-refractivity contribution in [3.63, 3.8) is 0 Å². The van der Waals surface area contributed by atoms with Crippen molar-refractivity contribution < 1.29 is 24.2 Å². The number of amides is 2. The number of benzene rings is 1. The Balaban J connectivity index is 1.79. The number of fused-ring (bicyclic) bond motifs is 1. The van der Waals surface area contributed by atoms with Gasteiger partial charge in [-0.3, -0.25) is 14.4 Å². The number of nitrogens with zero attached hydrogens (tertiary/aromatic N) is 2. The highest BCUT2D eigenvalue weighted by Gasteiger charge is 2.76. The van der Waals surface area contributed by atoms with Crippen molar-refractivity contribution in [1.29, 1.82) is 0 Å². The van der Waals surface area contributed by atoms with Gasteiger partial charge in [0.1, 0.15) is 6.04 Å². The number of carbonyl (C=O) groups excluding carboxylic acids is 3. The maximum Gasteiger partial charge on any atom is 0.310 e. The van der Waals surface area contributed by atoms with Gasteiger partial charge in [0.15, 0.2) is 0 Å². The lowest BCUT2D eigenvalue weighted by Gasteiger charge is -2.40. The Labute approximate surface area is 203 Å². The number of anilines is 1. The second kappa shape index (κ2) is 9.31. The zero-order chi connectivity index (χ0) is 23.9. The van der Waals surface area contributed by atoms with Crippen LogP contribution in [0.1, 0.15) is 20.3 Å². The zero-order valence-electron chi connectivity index (χ0n) is 18.8. The third-order valence-corrected chi connectivity index (χ3v) is 9.42. The Morgan fingerprint density at radius 1 is 1.39 bits per heavy atom. The van der Waals surface area contributed by atoms with E-state index in [9.17, 15) is 19.5 Å². The molecule has 3 fully saturated rings. The van der Waals surface area contributed by atoms with Gasteiger partial charge in [-0.05, 0) is 43.5 Å². The number of rotatable bonds is 8. The van der Waals surface area contributed by atoms with Gasteiger partial charge in [-0.15, -0.1) is 18.3 Å². The first-order valence-electron chi connectivity index (χ1n) is 11.2. The van der Waals surface area contributed by atoms with Crippen LogP contribution >= 0.6 is 23.4 Å². The Kier molecular flexibility index (Phi) is 6.80. The SMILES string of the molecule is C=CCN(C(=O)C1N(CCO)C(=O)[C@@H]2[C@@H](C(=O)OCC)[C@H]3CC(C)C12S3)c1ccc(Cl)cc1. The van der Waals surface area contributed by atoms with E-state index < -0.39 is 22.6 Å². The molecule has 178 valence electrons. The second-order valence-corrected chi connectivity index (χ2v) is 10.8. The summed E-state index contributed by atoms with van der Waals surface area (Å²) in [5.74, 6) is -2.06. The number of thioether (sulfide) groups is 1. The fraction of sp³-hybridized carbons (Fsp3) is 0.542. The Morgan fingerprint density at radius 2 is 2.09 bits per heavy atom. The average Bonchev–Trinajstić information content (AvgIpc) is 3.37. The molecule has 7 nitrogen and oxygen atoms in total. The molecule has 0 radical (unpaired) electrons. The molecule has 3 aliphatic rings. The van der Waals surface area contributed by atoms with E-state index in [0.717, 1.165) is 6.42 Å². The molecule has 3 heterocycles. The van der Waals surface area contributed by atoms with Crippen LogP contribution < -0.4 is 4.90 Å². The first-order chi connectivity index (χ1) is 15.8. The van der Waals surface area contributed by atoms with E-state index in [-0.39, 0.29) is 55.3 Å². The van der Waals surface area contributed by atoms with Crippen LogP contribution in [0, 0.1) is 17.8 Å². The standard InChI is InChI=1S/C24H29ClN2O5S/c1-4-10-26(16-8-6-15(25)7-9-16)22(30)20-24-14(3)13-17(33-24)18(23(31)32-5-2)19(24)21(29)27(20)11-12-28/h4,6-9,14,17-20,28H,1,5,10-13H2,2-3H3/t14?,17-,18+,19+,20?,24?/m1/s1. The van der Waals surface area contributed by atoms with Crippen LogP contribution in [0.25, 0.3) is 0 Å². The Bertz CT molecular complexity index is 957. The summed E-state index contributed by atoms with van der Waals surface area (Å²) in [5.41, 5.74) is 0.646. The minimum atomic E-state index is -0.804. The van der Waals surface area contributed by atoms with Crippen LogP contribution in [0.4, 0.5) is 5.69 Å². The van der Waals surface area contributed by atoms with Crippen molar-refractivity contribution >= 4 is 46.8 Å². The molecule has 2 amide bonds. The van der Waals surface area contributed by atoms with Gasteiger partial charge in [0.25, 0.3) is 5.91 Å². The van der Waals surface area contributed by atoms with Crippen molar-refractivity contribution in [2.45, 2.75) is 36.3 Å². The lowest BCUT2D eigenvalue weighted by molar-refractivity contribution is -0.154. The highest BCUT2D eigenvalue weighted by molar-refractivity contribution is 8.02. The molecule has 0 aliphatic carbocycles. The number of aliphatic hydroxyl groups is 1. The first-order valence-corrected chi connectivity index (χ1v) is 12.5. The summed E-state index contributed by atoms with van der Waals surface area (Å²) in [4.78, 5) is 43.8. The van der Waals surface area contributed by atoms with Crippen molar-refractivity contribution in [3.05, 3.63) is 41.9 Å². The number of esters is 1. The topological polar surface area (TPSA) is 87.2 Å². The summed E-state index contributed by atoms with van der Waals surface area (Å²) in [7, 11) is 0. The molecule has 3 unspecified atom stereocenters. The van der Waals surface area contributed by atoms with Crippen LogP contribution in [0.2, 0.25) is 5.02 Å². The summed E-state index contributed by atoms with van der Waals surface area (Å²) < 4.78 is 4.58. The van der Waals surface area contributed by atoms with E-state index >= 15 is 0 Å². The van der Waals surface area contributed by atoms with Crippen LogP contribution in [0.3, 0.4) is 0 Å². The van der Waals surface area contributed by atoms with E-state index in [1.54, 1.807) is 53.9 Å². The molecule has 1 spiro atoms. The summed E-state index contributed by atoms with van der Waals surface area (Å²) in [5, 5.41) is 10.2. The van der Waals surface area contributed by atoms with E-state index in [0.29, 0.717) is 10.7 Å². The normalized spacial score (nSPS) is 32.1. The van der Waals surface area contributed by atoms with E-state index in [4.69, 9.17) is 16.3 Å². The van der Waals surface area contributed by atoms with Gasteiger partial charge in [-0.1, -0.05) is 24.6 Å². The lowest BCUT2D eigenvalue weighted by Crippen LogP contribution is -2.57. The van der Waals surface area contributed by atoms with Crippen LogP contribution in [0.5, 0.6) is 0 Å². The van der Waals surface area contributed by atoms with Gasteiger partial charge in [0.05, 0.1) is 29.8 Å². The minimum Gasteiger partial charge on any atom is -0.466 e. The molecule has 3 aliphatic heterocycles. The molecule has 3 saturated heterocycles. The average molecular weight is 493 g/mol. The fourth-order valence-corrected chi connectivity index (χ4v) is 8.40. The summed E-state index contributed by atoms with van der Waals surface area (Å²) in [6, 6.07) is 6.14. The second-order valence-electron chi connectivity index (χ2n) is 8.77. The van der Waals surface area contributed by atoms with Gasteiger partial charge < -0.3 is 19.6 Å². The molecular weight excluding hydrogens is 464 g/mol. The molecule has 0 aromatic heterocycles. The minimum absolute atomic E-state index is 0.0313. The number of carbonyl (C=O) groups is 3. The molecule has 33 heavy (non-hydrogen) atoms. The van der Waals surface area contributed by atoms with Crippen LogP contribution in [-0.4, -0.2) is 70.1 Å². The third-order valence-electron chi connectivity index (χ3n) is 7.10. The molecule has 0 saturated carbocycles. The maximum atomic E-state index is 14.2. The highest BCUT2D eigenvalue weighted by Crippen LogP contribution is 2.68. The summed E-state index contributed by atoms with van der Waals surface area (Å²) in [6.07, 6.45) is 2.37. The Hall–Kier alpha value is -2.03. The monoisotopic (exact) mass is 492 g/mol. The number of ether oxygens (including phenoxy) is 1. The van der Waals surface area contributed by atoms with Crippen molar-refractivity contribution in [1.82, 2.24) is 4.90 Å². The number of β-amino-alcohol motifs (C(OH)–C–C–N with tert-alkyl or cyclic N) is 1. The molecule has 2 bridgehead atoms. The molecule has 1 aromatic carbocycles. The fourth-order valence-electron chi connectivity index (χ4n) is 5.87. The van der Waals surface area contributed by atoms with Gasteiger partial charge in [-0.2, -0.15) is 0 Å². The third kappa shape index (κ3) is 3.67. The van der Waals surface area contributed by atoms with Crippen molar-refractivity contribution in [2.24, 2.45) is 17.8 Å². The zero-order valence-corrected chi connectivity index (χ0v) is 20.3. The quantitative estimate of drug-likeness (QED) is 0.443. The largest absolute Gasteiger partial charge is 0.466 e. The number of aliphatic hydroxyl groups excluding tert-OH is 1. The van der Waals surface area contributed by atoms with Crippen LogP contribution in [-0.2, 0) is 19.1 Å². The van der Waals surface area contributed by atoms with E-state index in [1.165, 1.54) is 4.90 Å². The van der Waals surface area contributed by atoms with Gasteiger partial charge in [0, 0.05) is 29.0 Å². The predicted molar refractivity (Wildman–Crippen MR) is 128 cm³/mol. The van der Waals surface area contributed by atoms with Gasteiger partial charge in [-0.25, -0.2) is 0 Å². The summed E-state index contributed by atoms with van der Waals surface area (Å²) >= 11 is 7.63. The number of likely N-dealkylation sites (tertiary alicyclic amines) is 1. The molecule has 1 aromatic rings. The molecular formula is C24H29ClN2O5S. The molecule has 6 atom stereocenters. The smallest absolute Gasteiger partial charge is 0.310 e. The van der Waals surface area contributed by atoms with Gasteiger partial charge >= 0.3 is 5.97 Å². The van der Waals surface area contributed by atoms with Gasteiger partial charge in [0.2, 0.25) is 5.91 Å². The van der Waals surface area contributed by atoms with Crippen molar-refractivity contribution in [2.75, 3.05) is 31.2 Å². The molecule has 4 rings (SSSR count). The number of hydrogen-bond donors (Lipinski definition) is 1.